The zero-order valence-electron chi connectivity index (χ0n) is 7.50. The van der Waals surface area contributed by atoms with Crippen molar-refractivity contribution in [3.8, 4) is 11.8 Å². The predicted molar refractivity (Wildman–Crippen MR) is 57.2 cm³/mol. The topological polar surface area (TPSA) is 12.0 Å². The van der Waals surface area contributed by atoms with E-state index in [0.717, 1.165) is 0 Å². The number of hydrogen-bond acceptors (Lipinski definition) is 1. The van der Waals surface area contributed by atoms with Gasteiger partial charge in [0, 0.05) is 0 Å². The van der Waals surface area contributed by atoms with Crippen molar-refractivity contribution in [2.24, 2.45) is 0 Å². The van der Waals surface area contributed by atoms with Gasteiger partial charge in [-0.3, -0.25) is 0 Å². The number of nitrogens with one attached hydrogen (secondary N) is 1. The second kappa shape index (κ2) is 5.21. The molecule has 4 heteroatoms. The predicted octanol–water partition coefficient (Wildman–Crippen LogP) is 2.70. The summed E-state index contributed by atoms with van der Waals surface area (Å²) >= 11 is 11.5. The Kier molecular flexibility index (Phi) is 4.21. The fourth-order valence-electron chi connectivity index (χ4n) is 0.883. The summed E-state index contributed by atoms with van der Waals surface area (Å²) in [6, 6.07) is 2.38. The van der Waals surface area contributed by atoms with E-state index in [1.807, 2.05) is 0 Å². The summed E-state index contributed by atoms with van der Waals surface area (Å²) in [5.74, 6) is 5.11. The summed E-state index contributed by atoms with van der Waals surface area (Å²) in [5.41, 5.74) is 0.463. The third-order valence-electron chi connectivity index (χ3n) is 1.49. The van der Waals surface area contributed by atoms with Crippen molar-refractivity contribution >= 4 is 23.2 Å². The van der Waals surface area contributed by atoms with Crippen LogP contribution >= 0.6 is 23.2 Å². The SMILES string of the molecule is CNCC#Cc1c(Cl)cc(F)cc1Cl. The quantitative estimate of drug-likeness (QED) is 0.734. The van der Waals surface area contributed by atoms with Crippen LogP contribution in [0.15, 0.2) is 12.1 Å². The third kappa shape index (κ3) is 2.88. The molecule has 0 unspecified atom stereocenters. The number of hydrogen-bond donors (Lipinski definition) is 1. The highest BCUT2D eigenvalue weighted by Gasteiger charge is 2.05. The van der Waals surface area contributed by atoms with Crippen LogP contribution in [0.1, 0.15) is 5.56 Å². The van der Waals surface area contributed by atoms with Gasteiger partial charge < -0.3 is 5.32 Å². The Balaban J connectivity index is 3.04. The lowest BCUT2D eigenvalue weighted by molar-refractivity contribution is 0.628. The van der Waals surface area contributed by atoms with Crippen LogP contribution < -0.4 is 5.32 Å². The second-order valence-corrected chi connectivity index (χ2v) is 3.39. The van der Waals surface area contributed by atoms with Crippen molar-refractivity contribution in [3.05, 3.63) is 33.6 Å². The highest BCUT2D eigenvalue weighted by atomic mass is 35.5. The highest BCUT2D eigenvalue weighted by Crippen LogP contribution is 2.24. The Morgan fingerprint density at radius 3 is 2.43 bits per heavy atom. The van der Waals surface area contributed by atoms with E-state index >= 15 is 0 Å². The summed E-state index contributed by atoms with van der Waals surface area (Å²) in [6.45, 7) is 0.532. The van der Waals surface area contributed by atoms with Gasteiger partial charge in [0.25, 0.3) is 0 Å². The van der Waals surface area contributed by atoms with E-state index in [1.165, 1.54) is 12.1 Å². The smallest absolute Gasteiger partial charge is 0.126 e. The van der Waals surface area contributed by atoms with Crippen molar-refractivity contribution in [1.82, 2.24) is 5.32 Å². The maximum absolute atomic E-state index is 12.8. The van der Waals surface area contributed by atoms with Crippen LogP contribution in [0.2, 0.25) is 10.0 Å². The van der Waals surface area contributed by atoms with Crippen LogP contribution in [0.3, 0.4) is 0 Å². The highest BCUT2D eigenvalue weighted by molar-refractivity contribution is 6.36. The molecule has 0 aromatic heterocycles. The molecule has 14 heavy (non-hydrogen) atoms. The molecular weight excluding hydrogens is 224 g/mol. The van der Waals surface area contributed by atoms with E-state index in [4.69, 9.17) is 23.2 Å². The van der Waals surface area contributed by atoms with Crippen LogP contribution in [0, 0.1) is 17.7 Å². The molecule has 1 rings (SSSR count). The number of rotatable bonds is 1. The van der Waals surface area contributed by atoms with Gasteiger partial charge in [0.2, 0.25) is 0 Å². The van der Waals surface area contributed by atoms with Gasteiger partial charge in [-0.2, -0.15) is 0 Å². The lowest BCUT2D eigenvalue weighted by Gasteiger charge is -1.99. The molecule has 0 spiro atoms. The summed E-state index contributed by atoms with van der Waals surface area (Å²) < 4.78 is 12.8. The number of benzene rings is 1. The van der Waals surface area contributed by atoms with Gasteiger partial charge in [0.05, 0.1) is 22.2 Å². The van der Waals surface area contributed by atoms with Crippen molar-refractivity contribution in [3.63, 3.8) is 0 Å². The summed E-state index contributed by atoms with van der Waals surface area (Å²) in [7, 11) is 1.78. The van der Waals surface area contributed by atoms with Crippen molar-refractivity contribution in [2.45, 2.75) is 0 Å². The number of halogens is 3. The average Bonchev–Trinajstić information content (AvgIpc) is 2.09. The molecule has 0 saturated carbocycles. The minimum atomic E-state index is -0.459. The Labute approximate surface area is 92.2 Å². The molecule has 0 radical (unpaired) electrons. The molecule has 0 bridgehead atoms. The van der Waals surface area contributed by atoms with Crippen LogP contribution in [0.4, 0.5) is 4.39 Å². The molecule has 0 amide bonds. The van der Waals surface area contributed by atoms with Gasteiger partial charge in [-0.1, -0.05) is 35.0 Å². The van der Waals surface area contributed by atoms with Crippen LogP contribution in [0.5, 0.6) is 0 Å². The van der Waals surface area contributed by atoms with Crippen molar-refractivity contribution in [1.29, 1.82) is 0 Å². The van der Waals surface area contributed by atoms with E-state index in [9.17, 15) is 4.39 Å². The molecule has 1 aromatic carbocycles. The Morgan fingerprint density at radius 2 is 1.93 bits per heavy atom. The normalized spacial score (nSPS) is 9.43. The van der Waals surface area contributed by atoms with Crippen molar-refractivity contribution < 1.29 is 4.39 Å². The third-order valence-corrected chi connectivity index (χ3v) is 2.08. The first-order valence-electron chi connectivity index (χ1n) is 3.93. The zero-order chi connectivity index (χ0) is 10.6. The van der Waals surface area contributed by atoms with E-state index < -0.39 is 5.82 Å². The van der Waals surface area contributed by atoms with Crippen LogP contribution in [-0.4, -0.2) is 13.6 Å². The first kappa shape index (κ1) is 11.3. The lowest BCUT2D eigenvalue weighted by atomic mass is 10.2. The van der Waals surface area contributed by atoms with Gasteiger partial charge in [-0.05, 0) is 19.2 Å². The zero-order valence-corrected chi connectivity index (χ0v) is 9.01. The molecule has 0 aliphatic rings. The minimum Gasteiger partial charge on any atom is -0.309 e. The van der Waals surface area contributed by atoms with Gasteiger partial charge in [-0.25, -0.2) is 4.39 Å². The van der Waals surface area contributed by atoms with E-state index in [0.29, 0.717) is 12.1 Å². The van der Waals surface area contributed by atoms with E-state index in [1.54, 1.807) is 7.05 Å². The van der Waals surface area contributed by atoms with E-state index in [2.05, 4.69) is 17.2 Å². The van der Waals surface area contributed by atoms with Crippen LogP contribution in [0.25, 0.3) is 0 Å². The van der Waals surface area contributed by atoms with Crippen LogP contribution in [-0.2, 0) is 0 Å². The summed E-state index contributed by atoms with van der Waals surface area (Å²) in [4.78, 5) is 0. The second-order valence-electron chi connectivity index (χ2n) is 2.58. The fourth-order valence-corrected chi connectivity index (χ4v) is 1.44. The molecular formula is C10H8Cl2FN. The lowest BCUT2D eigenvalue weighted by Crippen LogP contribution is -2.04. The largest absolute Gasteiger partial charge is 0.309 e. The first-order valence-corrected chi connectivity index (χ1v) is 4.68. The Hall–Kier alpha value is -0.750. The molecule has 0 atom stereocenters. The molecule has 0 fully saturated rings. The fraction of sp³-hybridized carbons (Fsp3) is 0.200. The molecule has 0 heterocycles. The Morgan fingerprint density at radius 1 is 1.36 bits per heavy atom. The van der Waals surface area contributed by atoms with E-state index in [-0.39, 0.29) is 10.0 Å². The molecule has 1 nitrogen and oxygen atoms in total. The summed E-state index contributed by atoms with van der Waals surface area (Å²) in [6.07, 6.45) is 0. The maximum Gasteiger partial charge on any atom is 0.126 e. The molecule has 1 N–H and O–H groups in total. The molecule has 74 valence electrons. The molecule has 0 saturated heterocycles. The van der Waals surface area contributed by atoms with Gasteiger partial charge >= 0.3 is 0 Å². The first-order chi connectivity index (χ1) is 6.65. The van der Waals surface area contributed by atoms with Gasteiger partial charge in [0.15, 0.2) is 0 Å². The van der Waals surface area contributed by atoms with Gasteiger partial charge in [-0.15, -0.1) is 0 Å². The monoisotopic (exact) mass is 231 g/mol. The summed E-state index contributed by atoms with van der Waals surface area (Å²) in [5, 5.41) is 3.32. The maximum atomic E-state index is 12.8. The molecule has 0 aliphatic carbocycles. The Bertz CT molecular complexity index is 370. The molecule has 1 aromatic rings. The molecule has 0 aliphatic heterocycles. The van der Waals surface area contributed by atoms with Crippen molar-refractivity contribution in [2.75, 3.05) is 13.6 Å². The average molecular weight is 232 g/mol. The minimum absolute atomic E-state index is 0.235. The van der Waals surface area contributed by atoms with Gasteiger partial charge in [0.1, 0.15) is 5.82 Å². The standard InChI is InChI=1S/C10H8Cl2FN/c1-14-4-2-3-8-9(11)5-7(13)6-10(8)12/h5-6,14H,4H2,1H3.